The summed E-state index contributed by atoms with van der Waals surface area (Å²) in [5.41, 5.74) is 0.940. The van der Waals surface area contributed by atoms with E-state index in [0.29, 0.717) is 13.1 Å². The number of hydrogen-bond acceptors (Lipinski definition) is 4. The van der Waals surface area contributed by atoms with Crippen molar-refractivity contribution in [2.75, 3.05) is 18.8 Å². The van der Waals surface area contributed by atoms with E-state index < -0.39 is 11.1 Å². The van der Waals surface area contributed by atoms with Crippen molar-refractivity contribution in [2.45, 2.75) is 19.4 Å². The second kappa shape index (κ2) is 9.58. The second-order valence-electron chi connectivity index (χ2n) is 4.96. The molecule has 2 atom stereocenters. The van der Waals surface area contributed by atoms with E-state index in [1.54, 1.807) is 4.90 Å². The molecule has 0 N–H and O–H groups in total. The third kappa shape index (κ3) is 6.48. The van der Waals surface area contributed by atoms with Gasteiger partial charge in [-0.1, -0.05) is 41.4 Å². The Morgan fingerprint density at radius 3 is 2.76 bits per heavy atom. The van der Waals surface area contributed by atoms with E-state index in [4.69, 9.17) is 4.74 Å². The fourth-order valence-corrected chi connectivity index (χ4v) is 3.03. The van der Waals surface area contributed by atoms with Gasteiger partial charge >= 0.3 is 35.7 Å². The van der Waals surface area contributed by atoms with Gasteiger partial charge in [-0.05, 0) is 24.3 Å². The van der Waals surface area contributed by atoms with Gasteiger partial charge in [0.25, 0.3) is 0 Å². The topological polar surface area (TPSA) is 69.7 Å². The van der Waals surface area contributed by atoms with E-state index in [1.165, 1.54) is 0 Å². The first-order valence-corrected chi connectivity index (χ1v) is 7.91. The van der Waals surface area contributed by atoms with Gasteiger partial charge in [-0.25, -0.2) is 4.79 Å². The summed E-state index contributed by atoms with van der Waals surface area (Å²) in [6, 6.07) is 9.48. The minimum Gasteiger partial charge on any atom is -0.772 e. The summed E-state index contributed by atoms with van der Waals surface area (Å²) in [4.78, 5) is 13.6. The molecule has 110 valence electrons. The van der Waals surface area contributed by atoms with E-state index in [9.17, 15) is 13.6 Å². The number of rotatable bonds is 4. The molecular formula is C14H18NNaO4S. The van der Waals surface area contributed by atoms with Gasteiger partial charge in [0.05, 0.1) is 0 Å². The van der Waals surface area contributed by atoms with Crippen molar-refractivity contribution < 1.29 is 47.9 Å². The minimum atomic E-state index is -2.05. The summed E-state index contributed by atoms with van der Waals surface area (Å²) in [5.74, 6) is 0.133. The third-order valence-corrected chi connectivity index (χ3v) is 4.10. The largest absolute Gasteiger partial charge is 1.00 e. The summed E-state index contributed by atoms with van der Waals surface area (Å²) >= 11 is -2.05. The molecule has 0 radical (unpaired) electrons. The fourth-order valence-electron chi connectivity index (χ4n) is 2.37. The van der Waals surface area contributed by atoms with Gasteiger partial charge in [-0.15, -0.1) is 0 Å². The number of benzene rings is 1. The van der Waals surface area contributed by atoms with Gasteiger partial charge in [0.2, 0.25) is 0 Å². The SMILES string of the molecule is O=C(OCc1ccccc1)N1CCCC(CS(=O)[O-])C1.[Na+]. The Kier molecular flexibility index (Phi) is 8.51. The molecule has 1 aromatic rings. The molecule has 1 fully saturated rings. The van der Waals surface area contributed by atoms with E-state index >= 15 is 0 Å². The molecule has 2 rings (SSSR count). The predicted molar refractivity (Wildman–Crippen MR) is 74.7 cm³/mol. The van der Waals surface area contributed by atoms with Crippen LogP contribution >= 0.6 is 0 Å². The first-order valence-electron chi connectivity index (χ1n) is 6.66. The standard InChI is InChI=1S/C14H19NO4S.Na/c16-14(19-10-12-5-2-1-3-6-12)15-8-4-7-13(9-15)11-20(17)18;/h1-3,5-6,13H,4,7-11H2,(H,17,18);/q;+1/p-1. The van der Waals surface area contributed by atoms with Crippen molar-refractivity contribution in [3.63, 3.8) is 0 Å². The second-order valence-corrected chi connectivity index (χ2v) is 5.91. The van der Waals surface area contributed by atoms with Crippen LogP contribution in [0.1, 0.15) is 18.4 Å². The molecule has 0 aromatic heterocycles. The Morgan fingerprint density at radius 2 is 2.10 bits per heavy atom. The van der Waals surface area contributed by atoms with Crippen LogP contribution in [0.2, 0.25) is 0 Å². The summed E-state index contributed by atoms with van der Waals surface area (Å²) in [7, 11) is 0. The van der Waals surface area contributed by atoms with Crippen LogP contribution in [0.4, 0.5) is 4.79 Å². The molecular weight excluding hydrogens is 301 g/mol. The van der Waals surface area contributed by atoms with Crippen molar-refractivity contribution in [3.05, 3.63) is 35.9 Å². The number of carbonyl (C=O) groups excluding carboxylic acids is 1. The van der Waals surface area contributed by atoms with Crippen molar-refractivity contribution in [1.29, 1.82) is 0 Å². The summed E-state index contributed by atoms with van der Waals surface area (Å²) in [6.07, 6.45) is 1.30. The monoisotopic (exact) mass is 319 g/mol. The molecule has 5 nitrogen and oxygen atoms in total. The molecule has 7 heteroatoms. The maximum absolute atomic E-state index is 12.0. The van der Waals surface area contributed by atoms with Crippen molar-refractivity contribution in [3.8, 4) is 0 Å². The number of amides is 1. The number of ether oxygens (including phenoxy) is 1. The van der Waals surface area contributed by atoms with Crippen LogP contribution in [-0.2, 0) is 22.4 Å². The molecule has 1 amide bonds. The van der Waals surface area contributed by atoms with Crippen molar-refractivity contribution >= 4 is 17.2 Å². The number of nitrogens with zero attached hydrogens (tertiary/aromatic N) is 1. The van der Waals surface area contributed by atoms with Gasteiger partial charge < -0.3 is 14.2 Å². The van der Waals surface area contributed by atoms with Gasteiger partial charge in [0.1, 0.15) is 6.61 Å². The van der Waals surface area contributed by atoms with Crippen LogP contribution in [-0.4, -0.2) is 38.6 Å². The van der Waals surface area contributed by atoms with Crippen molar-refractivity contribution in [1.82, 2.24) is 4.90 Å². The Balaban J connectivity index is 0.00000220. The van der Waals surface area contributed by atoms with Crippen LogP contribution in [0.25, 0.3) is 0 Å². The average Bonchev–Trinajstić information content (AvgIpc) is 2.45. The van der Waals surface area contributed by atoms with Crippen molar-refractivity contribution in [2.24, 2.45) is 5.92 Å². The van der Waals surface area contributed by atoms with Crippen LogP contribution in [0.3, 0.4) is 0 Å². The molecule has 1 aromatic carbocycles. The Labute approximate surface area is 149 Å². The van der Waals surface area contributed by atoms with Gasteiger partial charge in [0.15, 0.2) is 0 Å². The van der Waals surface area contributed by atoms with Gasteiger partial charge in [-0.2, -0.15) is 0 Å². The van der Waals surface area contributed by atoms with E-state index in [-0.39, 0.29) is 53.9 Å². The number of carbonyl (C=O) groups is 1. The molecule has 21 heavy (non-hydrogen) atoms. The van der Waals surface area contributed by atoms with Crippen LogP contribution < -0.4 is 29.6 Å². The molecule has 0 aliphatic carbocycles. The number of likely N-dealkylation sites (tertiary alicyclic amines) is 1. The van der Waals surface area contributed by atoms with E-state index in [2.05, 4.69) is 0 Å². The maximum Gasteiger partial charge on any atom is 1.00 e. The zero-order valence-electron chi connectivity index (χ0n) is 12.2. The summed E-state index contributed by atoms with van der Waals surface area (Å²) in [5, 5.41) is 0. The normalized spacial score (nSPS) is 19.5. The Hall–Kier alpha value is -0.400. The molecule has 1 aliphatic heterocycles. The van der Waals surface area contributed by atoms with Crippen LogP contribution in [0.15, 0.2) is 30.3 Å². The third-order valence-electron chi connectivity index (χ3n) is 3.35. The zero-order valence-corrected chi connectivity index (χ0v) is 15.0. The minimum absolute atomic E-state index is 0. The number of hydrogen-bond donors (Lipinski definition) is 0. The molecule has 0 spiro atoms. The number of piperidine rings is 1. The molecule has 1 aliphatic rings. The summed E-state index contributed by atoms with van der Waals surface area (Å²) in [6.45, 7) is 1.34. The summed E-state index contributed by atoms with van der Waals surface area (Å²) < 4.78 is 26.7. The van der Waals surface area contributed by atoms with Crippen LogP contribution in [0, 0.1) is 5.92 Å². The first-order chi connectivity index (χ1) is 9.65. The average molecular weight is 319 g/mol. The van der Waals surface area contributed by atoms with Gasteiger partial charge in [0, 0.05) is 18.8 Å². The smallest absolute Gasteiger partial charge is 0.772 e. The molecule has 0 bridgehead atoms. The fraction of sp³-hybridized carbons (Fsp3) is 0.500. The molecule has 1 saturated heterocycles. The quantitative estimate of drug-likeness (QED) is 0.523. The van der Waals surface area contributed by atoms with E-state index in [0.717, 1.165) is 18.4 Å². The van der Waals surface area contributed by atoms with E-state index in [1.807, 2.05) is 30.3 Å². The zero-order chi connectivity index (χ0) is 14.4. The molecule has 0 saturated carbocycles. The van der Waals surface area contributed by atoms with Gasteiger partial charge in [-0.3, -0.25) is 4.21 Å². The molecule has 2 unspecified atom stereocenters. The Morgan fingerprint density at radius 1 is 1.38 bits per heavy atom. The van der Waals surface area contributed by atoms with Crippen LogP contribution in [0.5, 0.6) is 0 Å². The first kappa shape index (κ1) is 18.6. The predicted octanol–water partition coefficient (Wildman–Crippen LogP) is -1.08. The maximum atomic E-state index is 12.0. The Bertz CT molecular complexity index is 471. The molecule has 1 heterocycles.